The Kier molecular flexibility index (Phi) is 9.22. The minimum atomic E-state index is -2.02. The van der Waals surface area contributed by atoms with Gasteiger partial charge in [0.05, 0.1) is 0 Å². The Hall–Kier alpha value is -3.58. The Morgan fingerprint density at radius 3 is 1.30 bits per heavy atom. The van der Waals surface area contributed by atoms with Crippen LogP contribution in [0.25, 0.3) is 30.9 Å². The van der Waals surface area contributed by atoms with Gasteiger partial charge in [-0.1, -0.05) is 85.0 Å². The zero-order chi connectivity index (χ0) is 27.9. The fraction of sp³-hybridized carbons (Fsp3) is 0.0526. The van der Waals surface area contributed by atoms with Crippen molar-refractivity contribution in [2.24, 2.45) is 0 Å². The van der Waals surface area contributed by atoms with E-state index < -0.39 is 26.8 Å². The molecule has 2 aliphatic carbocycles. The first-order valence-corrected chi connectivity index (χ1v) is 23.5. The molecule has 0 radical (unpaired) electrons. The summed E-state index contributed by atoms with van der Waals surface area (Å²) in [5, 5.41) is 5.60. The molecular formula is C38H35SiZr. The van der Waals surface area contributed by atoms with Gasteiger partial charge in [0.1, 0.15) is 0 Å². The zero-order valence-corrected chi connectivity index (χ0v) is 27.0. The third kappa shape index (κ3) is 6.41. The van der Waals surface area contributed by atoms with E-state index in [-0.39, 0.29) is 0 Å². The number of allylic oxidation sites excluding steroid dienone is 4. The molecule has 4 aromatic carbocycles. The van der Waals surface area contributed by atoms with Crippen LogP contribution in [0.4, 0.5) is 0 Å². The van der Waals surface area contributed by atoms with Crippen LogP contribution < -0.4 is 20.9 Å². The molecule has 0 atom stereocenters. The van der Waals surface area contributed by atoms with Gasteiger partial charge in [-0.25, -0.2) is 0 Å². The van der Waals surface area contributed by atoms with E-state index in [0.717, 1.165) is 0 Å². The summed E-state index contributed by atoms with van der Waals surface area (Å²) in [6.45, 7) is 13.9. The molecule has 2 aliphatic rings. The summed E-state index contributed by atoms with van der Waals surface area (Å²) in [5.74, 6) is -0.825. The van der Waals surface area contributed by atoms with Crippen molar-refractivity contribution in [3.63, 3.8) is 0 Å². The van der Waals surface area contributed by atoms with E-state index in [0.29, 0.717) is 0 Å². The van der Waals surface area contributed by atoms with Gasteiger partial charge in [0.15, 0.2) is 0 Å². The van der Waals surface area contributed by atoms with E-state index >= 15 is 0 Å². The average molecular weight is 611 g/mol. The van der Waals surface area contributed by atoms with Gasteiger partial charge in [0.2, 0.25) is 0 Å². The number of fused-ring (bicyclic) bond motifs is 2. The molecule has 40 heavy (non-hydrogen) atoms. The average Bonchev–Trinajstić information content (AvgIpc) is 3.48. The molecule has 195 valence electrons. The Morgan fingerprint density at radius 2 is 0.900 bits per heavy atom. The minimum absolute atomic E-state index is 0.825. The van der Waals surface area contributed by atoms with E-state index in [4.69, 9.17) is 0 Å². The van der Waals surface area contributed by atoms with E-state index in [1.807, 2.05) is 36.4 Å². The Labute approximate surface area is 247 Å². The van der Waals surface area contributed by atoms with Crippen LogP contribution >= 0.6 is 0 Å². The van der Waals surface area contributed by atoms with Gasteiger partial charge in [-0.3, -0.25) is 0 Å². The molecule has 0 nitrogen and oxygen atoms in total. The molecule has 0 saturated carbocycles. The molecule has 0 saturated heterocycles. The second-order valence-electron chi connectivity index (χ2n) is 10.4. The quantitative estimate of drug-likeness (QED) is 0.177. The summed E-state index contributed by atoms with van der Waals surface area (Å²) in [6.07, 6.45) is 12.9. The summed E-state index contributed by atoms with van der Waals surface area (Å²) < 4.78 is 3.24. The first-order chi connectivity index (χ1) is 19.5. The normalized spacial score (nSPS) is 13.7. The van der Waals surface area contributed by atoms with Crippen molar-refractivity contribution in [3.05, 3.63) is 178 Å². The number of rotatable bonds is 6. The summed E-state index contributed by atoms with van der Waals surface area (Å²) in [6, 6.07) is 38.2. The second-order valence-corrected chi connectivity index (χ2v) is 29.1. The van der Waals surface area contributed by atoms with Crippen LogP contribution in [0.2, 0.25) is 13.1 Å². The van der Waals surface area contributed by atoms with E-state index in [1.54, 1.807) is 6.56 Å². The van der Waals surface area contributed by atoms with Gasteiger partial charge in [0.25, 0.3) is 0 Å². The van der Waals surface area contributed by atoms with Gasteiger partial charge in [-0.05, 0) is 11.1 Å². The van der Waals surface area contributed by atoms with Crippen molar-refractivity contribution in [3.8, 4) is 0 Å². The van der Waals surface area contributed by atoms with Crippen molar-refractivity contribution >= 4 is 36.8 Å². The number of hydrogen-bond donors (Lipinski definition) is 0. The Bertz CT molecular complexity index is 1710. The Balaban J connectivity index is 0.000000176. The van der Waals surface area contributed by atoms with Crippen molar-refractivity contribution in [2.45, 2.75) is 13.1 Å². The standard InChI is InChI=1S/C16H14.2C10H7.C2H7Si.Zr/c1-3-9-15(10-4-1)13-7-8-14-16-11-5-2-6-12-16;2*1-8-6-9-4-2-3-5-10(9)7-8;1-3-2;/h1-14H;2*2-6H,1H2;3H,1-2H3;. The van der Waals surface area contributed by atoms with Crippen molar-refractivity contribution in [1.29, 1.82) is 0 Å². The Morgan fingerprint density at radius 1 is 0.525 bits per heavy atom. The molecule has 4 aromatic rings. The third-order valence-electron chi connectivity index (χ3n) is 7.17. The van der Waals surface area contributed by atoms with Gasteiger partial charge in [0, 0.05) is 0 Å². The predicted molar refractivity (Wildman–Crippen MR) is 175 cm³/mol. The fourth-order valence-electron chi connectivity index (χ4n) is 5.37. The maximum absolute atomic E-state index is 4.43. The van der Waals surface area contributed by atoms with Crippen LogP contribution in [-0.4, -0.2) is 5.92 Å². The molecule has 2 heteroatoms. The molecule has 0 unspecified atom stereocenters. The van der Waals surface area contributed by atoms with Crippen LogP contribution in [0.5, 0.6) is 0 Å². The summed E-state index contributed by atoms with van der Waals surface area (Å²) in [4.78, 5) is 0. The van der Waals surface area contributed by atoms with E-state index in [2.05, 4.69) is 136 Å². The molecular weight excluding hydrogens is 576 g/mol. The van der Waals surface area contributed by atoms with Gasteiger partial charge >= 0.3 is 152 Å². The van der Waals surface area contributed by atoms with Crippen molar-refractivity contribution in [1.82, 2.24) is 0 Å². The zero-order valence-electron chi connectivity index (χ0n) is 23.3. The van der Waals surface area contributed by atoms with Crippen LogP contribution in [0.15, 0.2) is 146 Å². The van der Waals surface area contributed by atoms with E-state index in [9.17, 15) is 0 Å². The topological polar surface area (TPSA) is 0 Å². The summed E-state index contributed by atoms with van der Waals surface area (Å²) in [5.41, 5.74) is 4.97. The molecule has 0 amide bonds. The molecule has 0 fully saturated rings. The van der Waals surface area contributed by atoms with Crippen molar-refractivity contribution < 1.29 is 20.9 Å². The molecule has 0 spiro atoms. The van der Waals surface area contributed by atoms with Gasteiger partial charge in [-0.2, -0.15) is 0 Å². The second kappa shape index (κ2) is 13.2. The SMILES string of the molecule is C(C=Cc1ccccc1)=Cc1ccccc1.C=C1C=c2ccccc2=[C]1[Zr]([C]1=c2ccccc2=CC1=C)[SiH](C)C. The summed E-state index contributed by atoms with van der Waals surface area (Å²) in [7, 11) is 0. The number of benzene rings is 4. The molecule has 0 bridgehead atoms. The fourth-order valence-corrected chi connectivity index (χ4v) is 24.3. The maximum atomic E-state index is 4.43. The van der Waals surface area contributed by atoms with Crippen LogP contribution in [0.3, 0.4) is 0 Å². The molecule has 0 aromatic heterocycles. The molecule has 0 aliphatic heterocycles. The monoisotopic (exact) mass is 609 g/mol. The van der Waals surface area contributed by atoms with Crippen molar-refractivity contribution in [2.75, 3.05) is 0 Å². The van der Waals surface area contributed by atoms with E-state index in [1.165, 1.54) is 43.1 Å². The third-order valence-corrected chi connectivity index (χ3v) is 25.8. The first-order valence-electron chi connectivity index (χ1n) is 13.9. The van der Waals surface area contributed by atoms with Crippen LogP contribution in [0, 0.1) is 0 Å². The molecule has 0 N–H and O–H groups in total. The summed E-state index contributed by atoms with van der Waals surface area (Å²) >= 11 is -2.02. The predicted octanol–water partition coefficient (Wildman–Crippen LogP) is 6.32. The molecule has 0 heterocycles. The van der Waals surface area contributed by atoms with Crippen LogP contribution in [0.1, 0.15) is 11.1 Å². The van der Waals surface area contributed by atoms with Crippen LogP contribution in [-0.2, 0) is 20.9 Å². The number of hydrogen-bond acceptors (Lipinski definition) is 0. The van der Waals surface area contributed by atoms with Gasteiger partial charge < -0.3 is 0 Å². The first kappa shape index (κ1) is 28.0. The van der Waals surface area contributed by atoms with Gasteiger partial charge in [-0.15, -0.1) is 0 Å². The molecule has 6 rings (SSSR count).